The molecule has 0 bridgehead atoms. The molecule has 2 unspecified atom stereocenters. The summed E-state index contributed by atoms with van der Waals surface area (Å²) in [6.45, 7) is 0. The van der Waals surface area contributed by atoms with Crippen molar-refractivity contribution < 1.29 is 12.8 Å². The third-order valence-corrected chi connectivity index (χ3v) is 6.39. The molecule has 1 saturated heterocycles. The van der Waals surface area contributed by atoms with Crippen molar-refractivity contribution in [2.24, 2.45) is 0 Å². The Morgan fingerprint density at radius 2 is 2.16 bits per heavy atom. The maximum atomic E-state index is 14.0. The molecular weight excluding hydrogens is 333 g/mol. The number of rotatable bonds is 3. The molecule has 0 saturated carbocycles. The van der Waals surface area contributed by atoms with Gasteiger partial charge in [0.05, 0.1) is 17.0 Å². The van der Waals surface area contributed by atoms with Crippen LogP contribution in [0.15, 0.2) is 22.7 Å². The minimum Gasteiger partial charge on any atom is -0.312 e. The van der Waals surface area contributed by atoms with Crippen LogP contribution in [0.1, 0.15) is 30.9 Å². The zero-order valence-electron chi connectivity index (χ0n) is 10.7. The summed E-state index contributed by atoms with van der Waals surface area (Å²) in [5.74, 6) is -0.172. The maximum absolute atomic E-state index is 14.0. The first-order valence-corrected chi connectivity index (χ1v) is 8.80. The van der Waals surface area contributed by atoms with E-state index in [9.17, 15) is 12.8 Å². The van der Waals surface area contributed by atoms with E-state index in [-0.39, 0.29) is 11.6 Å². The lowest BCUT2D eigenvalue weighted by atomic mass is 9.99. The lowest BCUT2D eigenvalue weighted by molar-refractivity contribution is 0.455. The molecular formula is C13H17BrFNO2S. The van der Waals surface area contributed by atoms with Crippen molar-refractivity contribution in [2.75, 3.05) is 12.8 Å². The third-order valence-electron chi connectivity index (χ3n) is 3.60. The topological polar surface area (TPSA) is 46.2 Å². The summed E-state index contributed by atoms with van der Waals surface area (Å²) in [6.07, 6.45) is 2.16. The second-order valence-electron chi connectivity index (χ2n) is 4.83. The predicted molar refractivity (Wildman–Crippen MR) is 77.3 cm³/mol. The summed E-state index contributed by atoms with van der Waals surface area (Å²) in [6, 6.07) is 4.13. The Hall–Kier alpha value is -0.460. The largest absolute Gasteiger partial charge is 0.312 e. The van der Waals surface area contributed by atoms with Gasteiger partial charge in [0.1, 0.15) is 5.82 Å². The van der Waals surface area contributed by atoms with Gasteiger partial charge in [-0.25, -0.2) is 12.8 Å². The van der Waals surface area contributed by atoms with Crippen LogP contribution in [0.3, 0.4) is 0 Å². The number of nitrogens with one attached hydrogen (secondary N) is 1. The van der Waals surface area contributed by atoms with Gasteiger partial charge in [0.25, 0.3) is 0 Å². The molecule has 1 aromatic carbocycles. The van der Waals surface area contributed by atoms with Crippen molar-refractivity contribution in [3.63, 3.8) is 0 Å². The zero-order chi connectivity index (χ0) is 14.0. The fraction of sp³-hybridized carbons (Fsp3) is 0.538. The Bertz CT molecular complexity index is 562. The first-order valence-electron chi connectivity index (χ1n) is 6.29. The van der Waals surface area contributed by atoms with E-state index in [0.29, 0.717) is 18.4 Å². The quantitative estimate of drug-likeness (QED) is 0.912. The van der Waals surface area contributed by atoms with Gasteiger partial charge in [-0.1, -0.05) is 22.4 Å². The van der Waals surface area contributed by atoms with Crippen molar-refractivity contribution in [3.05, 3.63) is 34.1 Å². The van der Waals surface area contributed by atoms with Crippen LogP contribution < -0.4 is 5.32 Å². The first kappa shape index (κ1) is 14.9. The minimum absolute atomic E-state index is 0.200. The Morgan fingerprint density at radius 3 is 2.79 bits per heavy atom. The molecule has 1 aromatic rings. The molecule has 6 heteroatoms. The van der Waals surface area contributed by atoms with Gasteiger partial charge < -0.3 is 5.32 Å². The van der Waals surface area contributed by atoms with Crippen molar-refractivity contribution in [1.29, 1.82) is 0 Å². The number of hydrogen-bond acceptors (Lipinski definition) is 3. The van der Waals surface area contributed by atoms with E-state index < -0.39 is 21.1 Å². The Morgan fingerprint density at radius 1 is 1.42 bits per heavy atom. The van der Waals surface area contributed by atoms with Crippen LogP contribution in [0.4, 0.5) is 4.39 Å². The number of sulfone groups is 1. The van der Waals surface area contributed by atoms with Crippen LogP contribution in [0.2, 0.25) is 0 Å². The van der Waals surface area contributed by atoms with Gasteiger partial charge >= 0.3 is 0 Å². The highest BCUT2D eigenvalue weighted by Gasteiger charge is 2.36. The van der Waals surface area contributed by atoms with Gasteiger partial charge in [-0.3, -0.25) is 0 Å². The van der Waals surface area contributed by atoms with Gasteiger partial charge in [0, 0.05) is 10.0 Å². The highest BCUT2D eigenvalue weighted by Crippen LogP contribution is 2.32. The molecule has 2 atom stereocenters. The molecule has 1 N–H and O–H groups in total. The molecule has 1 heterocycles. The van der Waals surface area contributed by atoms with E-state index in [0.717, 1.165) is 10.9 Å². The highest BCUT2D eigenvalue weighted by atomic mass is 79.9. The number of benzene rings is 1. The third kappa shape index (κ3) is 3.17. The summed E-state index contributed by atoms with van der Waals surface area (Å²) < 4.78 is 39.1. The van der Waals surface area contributed by atoms with Gasteiger partial charge in [0.2, 0.25) is 0 Å². The van der Waals surface area contributed by atoms with Crippen LogP contribution in [0.5, 0.6) is 0 Å². The Kier molecular flexibility index (Phi) is 4.63. The molecule has 2 rings (SSSR count). The molecule has 0 amide bonds. The maximum Gasteiger partial charge on any atom is 0.155 e. The highest BCUT2D eigenvalue weighted by molar-refractivity contribution is 9.10. The van der Waals surface area contributed by atoms with E-state index in [4.69, 9.17) is 0 Å². The molecule has 1 aliphatic rings. The van der Waals surface area contributed by atoms with Crippen LogP contribution in [0, 0.1) is 5.82 Å². The summed E-state index contributed by atoms with van der Waals surface area (Å²) in [5, 5.41) is 2.43. The summed E-state index contributed by atoms with van der Waals surface area (Å²) >= 11 is 3.30. The second kappa shape index (κ2) is 5.89. The zero-order valence-corrected chi connectivity index (χ0v) is 13.1. The number of hydrogen-bond donors (Lipinski definition) is 1. The van der Waals surface area contributed by atoms with Crippen molar-refractivity contribution in [1.82, 2.24) is 5.32 Å². The lowest BCUT2D eigenvalue weighted by Gasteiger charge is -2.30. The fourth-order valence-corrected chi connectivity index (χ4v) is 5.16. The predicted octanol–water partition coefficient (Wildman–Crippen LogP) is 2.82. The van der Waals surface area contributed by atoms with Crippen molar-refractivity contribution in [3.8, 4) is 0 Å². The fourth-order valence-electron chi connectivity index (χ4n) is 2.65. The van der Waals surface area contributed by atoms with Gasteiger partial charge in [-0.2, -0.15) is 0 Å². The molecule has 1 aliphatic heterocycles. The second-order valence-corrected chi connectivity index (χ2v) is 8.09. The van der Waals surface area contributed by atoms with Gasteiger partial charge in [0.15, 0.2) is 9.84 Å². The van der Waals surface area contributed by atoms with E-state index in [2.05, 4.69) is 21.2 Å². The van der Waals surface area contributed by atoms with Crippen LogP contribution >= 0.6 is 15.9 Å². The van der Waals surface area contributed by atoms with Gasteiger partial charge in [-0.05, 0) is 38.1 Å². The van der Waals surface area contributed by atoms with Crippen LogP contribution in [-0.4, -0.2) is 26.5 Å². The minimum atomic E-state index is -3.16. The monoisotopic (exact) mass is 349 g/mol. The Labute approximate surface area is 121 Å². The molecule has 19 heavy (non-hydrogen) atoms. The normalized spacial score (nSPS) is 24.1. The summed E-state index contributed by atoms with van der Waals surface area (Å²) in [7, 11) is -1.48. The molecule has 3 nitrogen and oxygen atoms in total. The first-order chi connectivity index (χ1) is 8.95. The number of halogens is 2. The van der Waals surface area contributed by atoms with Gasteiger partial charge in [-0.15, -0.1) is 0 Å². The van der Waals surface area contributed by atoms with E-state index in [1.54, 1.807) is 19.2 Å². The van der Waals surface area contributed by atoms with Crippen LogP contribution in [0.25, 0.3) is 0 Å². The van der Waals surface area contributed by atoms with Crippen LogP contribution in [-0.2, 0) is 9.84 Å². The van der Waals surface area contributed by atoms with E-state index >= 15 is 0 Å². The molecule has 0 aliphatic carbocycles. The van der Waals surface area contributed by atoms with E-state index in [1.165, 1.54) is 6.07 Å². The van der Waals surface area contributed by atoms with Crippen molar-refractivity contribution >= 4 is 25.8 Å². The van der Waals surface area contributed by atoms with Crippen molar-refractivity contribution in [2.45, 2.75) is 30.6 Å². The standard InChI is InChI=1S/C13H17BrFNO2S/c1-16-13(10-8-9(14)5-6-11(10)15)12-4-2-3-7-19(12,17)18/h5-6,8,12-13,16H,2-4,7H2,1H3. The summed E-state index contributed by atoms with van der Waals surface area (Å²) in [4.78, 5) is 0. The Balaban J connectivity index is 2.41. The average Bonchev–Trinajstić information content (AvgIpc) is 2.36. The van der Waals surface area contributed by atoms with E-state index in [1.807, 2.05) is 0 Å². The molecule has 106 valence electrons. The lowest BCUT2D eigenvalue weighted by Crippen LogP contribution is -2.39. The smallest absolute Gasteiger partial charge is 0.155 e. The average molecular weight is 350 g/mol. The summed E-state index contributed by atoms with van der Waals surface area (Å²) in [5.41, 5.74) is 0.410. The molecule has 1 fully saturated rings. The SMILES string of the molecule is CNC(c1cc(Br)ccc1F)C1CCCCS1(=O)=O. The molecule has 0 radical (unpaired) electrons. The molecule has 0 spiro atoms. The molecule has 0 aromatic heterocycles.